The van der Waals surface area contributed by atoms with Gasteiger partial charge in [-0.3, -0.25) is 4.79 Å². The maximum absolute atomic E-state index is 10.7. The van der Waals surface area contributed by atoms with Gasteiger partial charge in [0.15, 0.2) is 0 Å². The zero-order valence-corrected chi connectivity index (χ0v) is 10.9. The molecule has 0 saturated carbocycles. The Morgan fingerprint density at radius 2 is 2.31 bits per heavy atom. The highest BCUT2D eigenvalue weighted by Crippen LogP contribution is 2.16. The molecule has 1 heterocycles. The van der Waals surface area contributed by atoms with Crippen LogP contribution in [0.5, 0.6) is 0 Å². The lowest BCUT2D eigenvalue weighted by Crippen LogP contribution is -2.30. The lowest BCUT2D eigenvalue weighted by molar-refractivity contribution is -0.141. The third-order valence-corrected chi connectivity index (χ3v) is 3.78. The normalized spacial score (nSPS) is 13.0. The summed E-state index contributed by atoms with van der Waals surface area (Å²) in [7, 11) is 1.97. The van der Waals surface area contributed by atoms with E-state index in [0.29, 0.717) is 6.54 Å². The van der Waals surface area contributed by atoms with E-state index in [1.165, 1.54) is 10.4 Å². The van der Waals surface area contributed by atoms with Crippen molar-refractivity contribution < 1.29 is 9.90 Å². The molecule has 0 spiro atoms. The van der Waals surface area contributed by atoms with Gasteiger partial charge in [0.2, 0.25) is 0 Å². The van der Waals surface area contributed by atoms with Crippen LogP contribution in [-0.2, 0) is 11.2 Å². The molecular formula is C12H19NO2S. The SMILES string of the molecule is Cc1ccsc1CCN(C)CC(C)C(=O)O. The summed E-state index contributed by atoms with van der Waals surface area (Å²) in [5, 5.41) is 10.9. The highest BCUT2D eigenvalue weighted by molar-refractivity contribution is 7.10. The second-order valence-electron chi connectivity index (χ2n) is 4.28. The Kier molecular flexibility index (Phi) is 4.96. The van der Waals surface area contributed by atoms with Gasteiger partial charge in [-0.15, -0.1) is 11.3 Å². The van der Waals surface area contributed by atoms with Gasteiger partial charge >= 0.3 is 5.97 Å². The number of rotatable bonds is 6. The van der Waals surface area contributed by atoms with Gasteiger partial charge in [-0.2, -0.15) is 0 Å². The Bertz CT molecular complexity index is 349. The quantitative estimate of drug-likeness (QED) is 0.830. The summed E-state index contributed by atoms with van der Waals surface area (Å²) >= 11 is 1.77. The zero-order chi connectivity index (χ0) is 12.1. The number of thiophene rings is 1. The van der Waals surface area contributed by atoms with Gasteiger partial charge in [0.25, 0.3) is 0 Å². The Morgan fingerprint density at radius 1 is 1.62 bits per heavy atom. The van der Waals surface area contributed by atoms with E-state index < -0.39 is 5.97 Å². The third-order valence-electron chi connectivity index (χ3n) is 2.70. The lowest BCUT2D eigenvalue weighted by Gasteiger charge is -2.18. The van der Waals surface area contributed by atoms with Gasteiger partial charge in [-0.05, 0) is 37.4 Å². The Balaban J connectivity index is 2.33. The van der Waals surface area contributed by atoms with Crippen molar-refractivity contribution in [2.75, 3.05) is 20.1 Å². The van der Waals surface area contributed by atoms with E-state index in [-0.39, 0.29) is 5.92 Å². The molecule has 1 atom stereocenters. The van der Waals surface area contributed by atoms with Gasteiger partial charge in [-0.25, -0.2) is 0 Å². The van der Waals surface area contributed by atoms with E-state index in [2.05, 4.69) is 23.3 Å². The van der Waals surface area contributed by atoms with Crippen molar-refractivity contribution >= 4 is 17.3 Å². The number of hydrogen-bond acceptors (Lipinski definition) is 3. The highest BCUT2D eigenvalue weighted by atomic mass is 32.1. The molecule has 1 aromatic heterocycles. The van der Waals surface area contributed by atoms with E-state index in [4.69, 9.17) is 5.11 Å². The van der Waals surface area contributed by atoms with Gasteiger partial charge < -0.3 is 10.0 Å². The molecule has 16 heavy (non-hydrogen) atoms. The first kappa shape index (κ1) is 13.2. The molecule has 1 N–H and O–H groups in total. The van der Waals surface area contributed by atoms with Crippen LogP contribution in [0, 0.1) is 12.8 Å². The summed E-state index contributed by atoms with van der Waals surface area (Å²) in [4.78, 5) is 14.2. The minimum atomic E-state index is -0.723. The molecule has 1 aromatic rings. The topological polar surface area (TPSA) is 40.5 Å². The number of carboxylic acid groups (broad SMARTS) is 1. The summed E-state index contributed by atoms with van der Waals surface area (Å²) in [6, 6.07) is 2.12. The third kappa shape index (κ3) is 3.94. The monoisotopic (exact) mass is 241 g/mol. The maximum Gasteiger partial charge on any atom is 0.307 e. The van der Waals surface area contributed by atoms with Gasteiger partial charge in [0.1, 0.15) is 0 Å². The minimum Gasteiger partial charge on any atom is -0.481 e. The highest BCUT2D eigenvalue weighted by Gasteiger charge is 2.13. The molecule has 4 heteroatoms. The van der Waals surface area contributed by atoms with Crippen molar-refractivity contribution in [1.29, 1.82) is 0 Å². The lowest BCUT2D eigenvalue weighted by atomic mass is 10.1. The Labute approximate surface area is 101 Å². The number of carboxylic acids is 1. The van der Waals surface area contributed by atoms with Crippen LogP contribution < -0.4 is 0 Å². The van der Waals surface area contributed by atoms with Crippen molar-refractivity contribution in [3.63, 3.8) is 0 Å². The first-order valence-corrected chi connectivity index (χ1v) is 6.33. The van der Waals surface area contributed by atoms with E-state index in [1.54, 1.807) is 18.3 Å². The van der Waals surface area contributed by atoms with Crippen molar-refractivity contribution in [2.24, 2.45) is 5.92 Å². The molecule has 90 valence electrons. The maximum atomic E-state index is 10.7. The molecule has 0 bridgehead atoms. The second-order valence-corrected chi connectivity index (χ2v) is 5.28. The first-order valence-electron chi connectivity index (χ1n) is 5.45. The Morgan fingerprint density at radius 3 is 2.81 bits per heavy atom. The zero-order valence-electron chi connectivity index (χ0n) is 10.1. The number of aryl methyl sites for hydroxylation is 1. The Hall–Kier alpha value is -0.870. The second kappa shape index (κ2) is 6.01. The molecule has 0 aliphatic rings. The minimum absolute atomic E-state index is 0.297. The van der Waals surface area contributed by atoms with E-state index in [1.807, 2.05) is 7.05 Å². The largest absolute Gasteiger partial charge is 0.481 e. The smallest absolute Gasteiger partial charge is 0.307 e. The summed E-state index contributed by atoms with van der Waals surface area (Å²) in [6.45, 7) is 5.39. The fourth-order valence-corrected chi connectivity index (χ4v) is 2.49. The van der Waals surface area contributed by atoms with Crippen molar-refractivity contribution in [3.05, 3.63) is 21.9 Å². The summed E-state index contributed by atoms with van der Waals surface area (Å²) in [5.74, 6) is -1.02. The molecule has 3 nitrogen and oxygen atoms in total. The van der Waals surface area contributed by atoms with Crippen LogP contribution in [0.25, 0.3) is 0 Å². The number of hydrogen-bond donors (Lipinski definition) is 1. The van der Waals surface area contributed by atoms with Gasteiger partial charge in [-0.1, -0.05) is 6.92 Å². The summed E-state index contributed by atoms with van der Waals surface area (Å²) in [6.07, 6.45) is 1.01. The molecular weight excluding hydrogens is 222 g/mol. The van der Waals surface area contributed by atoms with E-state index in [0.717, 1.165) is 13.0 Å². The van der Waals surface area contributed by atoms with Crippen molar-refractivity contribution in [3.8, 4) is 0 Å². The molecule has 0 radical (unpaired) electrons. The number of likely N-dealkylation sites (N-methyl/N-ethyl adjacent to an activating group) is 1. The van der Waals surface area contributed by atoms with Crippen molar-refractivity contribution in [1.82, 2.24) is 4.90 Å². The van der Waals surface area contributed by atoms with Crippen LogP contribution in [-0.4, -0.2) is 36.1 Å². The van der Waals surface area contributed by atoms with Crippen LogP contribution in [0.1, 0.15) is 17.4 Å². The molecule has 0 amide bonds. The molecule has 0 saturated heterocycles. The number of nitrogens with zero attached hydrogens (tertiary/aromatic N) is 1. The fraction of sp³-hybridized carbons (Fsp3) is 0.583. The first-order chi connectivity index (χ1) is 7.50. The predicted octanol–water partition coefficient (Wildman–Crippen LogP) is 2.25. The fourth-order valence-electron chi connectivity index (χ4n) is 1.59. The molecule has 0 aliphatic heterocycles. The van der Waals surface area contributed by atoms with E-state index in [9.17, 15) is 4.79 Å². The van der Waals surface area contributed by atoms with Crippen molar-refractivity contribution in [2.45, 2.75) is 20.3 Å². The standard InChI is InChI=1S/C12H19NO2S/c1-9-5-7-16-11(9)4-6-13(3)8-10(2)12(14)15/h5,7,10H,4,6,8H2,1-3H3,(H,14,15). The summed E-state index contributed by atoms with van der Waals surface area (Å²) < 4.78 is 0. The molecule has 1 rings (SSSR count). The molecule has 1 unspecified atom stereocenters. The van der Waals surface area contributed by atoms with Gasteiger partial charge in [0.05, 0.1) is 5.92 Å². The molecule has 0 aromatic carbocycles. The summed E-state index contributed by atoms with van der Waals surface area (Å²) in [5.41, 5.74) is 1.34. The van der Waals surface area contributed by atoms with E-state index >= 15 is 0 Å². The van der Waals surface area contributed by atoms with Crippen LogP contribution in [0.3, 0.4) is 0 Å². The average Bonchev–Trinajstić information content (AvgIpc) is 2.61. The van der Waals surface area contributed by atoms with Gasteiger partial charge in [0, 0.05) is 18.0 Å². The number of aliphatic carboxylic acids is 1. The van der Waals surface area contributed by atoms with Crippen LogP contribution in [0.15, 0.2) is 11.4 Å². The van der Waals surface area contributed by atoms with Crippen LogP contribution in [0.2, 0.25) is 0 Å². The average molecular weight is 241 g/mol. The number of carbonyl (C=O) groups is 1. The van der Waals surface area contributed by atoms with Crippen LogP contribution in [0.4, 0.5) is 0 Å². The predicted molar refractivity (Wildman–Crippen MR) is 67.1 cm³/mol. The van der Waals surface area contributed by atoms with Crippen LogP contribution >= 0.6 is 11.3 Å². The molecule has 0 aliphatic carbocycles. The molecule has 0 fully saturated rings.